The molecule has 1 amide bonds. The van der Waals surface area contributed by atoms with Gasteiger partial charge in [0.25, 0.3) is 5.91 Å². The Morgan fingerprint density at radius 1 is 1.19 bits per heavy atom. The van der Waals surface area contributed by atoms with Crippen LogP contribution in [0, 0.1) is 24.1 Å². The molecule has 140 valence electrons. The Kier molecular flexibility index (Phi) is 5.60. The Labute approximate surface area is 158 Å². The lowest BCUT2D eigenvalue weighted by Crippen LogP contribution is -2.49. The number of nitrogens with zero attached hydrogens (tertiary/aromatic N) is 3. The largest absolute Gasteiger partial charge is 0.494 e. The van der Waals surface area contributed by atoms with Crippen molar-refractivity contribution in [2.24, 2.45) is 0 Å². The van der Waals surface area contributed by atoms with Crippen LogP contribution in [0.1, 0.15) is 28.4 Å². The van der Waals surface area contributed by atoms with Gasteiger partial charge in [0.2, 0.25) is 0 Å². The highest BCUT2D eigenvalue weighted by molar-refractivity contribution is 5.94. The highest BCUT2D eigenvalue weighted by Crippen LogP contribution is 2.23. The van der Waals surface area contributed by atoms with Crippen molar-refractivity contribution in [1.82, 2.24) is 4.90 Å². The number of ether oxygens (including phenoxy) is 1. The molecule has 0 saturated carbocycles. The number of aryl methyl sites for hydroxylation is 1. The summed E-state index contributed by atoms with van der Waals surface area (Å²) in [5.74, 6) is 0.354. The molecule has 0 spiro atoms. The number of anilines is 1. The van der Waals surface area contributed by atoms with Gasteiger partial charge in [0, 0.05) is 31.7 Å². The van der Waals surface area contributed by atoms with E-state index in [0.29, 0.717) is 49.6 Å². The fourth-order valence-corrected chi connectivity index (χ4v) is 3.27. The van der Waals surface area contributed by atoms with Gasteiger partial charge in [-0.3, -0.25) is 4.79 Å². The number of hydrogen-bond donors (Lipinski definition) is 0. The molecule has 1 saturated heterocycles. The van der Waals surface area contributed by atoms with Crippen LogP contribution in [0.4, 0.5) is 10.1 Å². The normalized spacial score (nSPS) is 14.0. The van der Waals surface area contributed by atoms with Gasteiger partial charge in [-0.2, -0.15) is 5.26 Å². The fraction of sp³-hybridized carbons (Fsp3) is 0.333. The maximum absolute atomic E-state index is 14.2. The van der Waals surface area contributed by atoms with Gasteiger partial charge >= 0.3 is 0 Å². The summed E-state index contributed by atoms with van der Waals surface area (Å²) in [5, 5.41) is 8.85. The van der Waals surface area contributed by atoms with Crippen LogP contribution in [0.15, 0.2) is 36.4 Å². The fourth-order valence-electron chi connectivity index (χ4n) is 3.27. The molecule has 0 N–H and O–H groups in total. The molecule has 6 heteroatoms. The zero-order chi connectivity index (χ0) is 19.4. The lowest BCUT2D eigenvalue weighted by molar-refractivity contribution is 0.0746. The van der Waals surface area contributed by atoms with E-state index in [1.54, 1.807) is 23.1 Å². The van der Waals surface area contributed by atoms with E-state index in [1.807, 2.05) is 36.9 Å². The summed E-state index contributed by atoms with van der Waals surface area (Å²) in [6.07, 6.45) is 0. The van der Waals surface area contributed by atoms with Crippen molar-refractivity contribution in [3.63, 3.8) is 0 Å². The average molecular weight is 367 g/mol. The van der Waals surface area contributed by atoms with E-state index in [9.17, 15) is 9.18 Å². The molecule has 1 heterocycles. The quantitative estimate of drug-likeness (QED) is 0.831. The van der Waals surface area contributed by atoms with Crippen LogP contribution >= 0.6 is 0 Å². The molecule has 2 aromatic carbocycles. The number of rotatable bonds is 4. The first-order valence-electron chi connectivity index (χ1n) is 9.00. The van der Waals surface area contributed by atoms with Gasteiger partial charge in [0.1, 0.15) is 11.6 Å². The second kappa shape index (κ2) is 8.09. The Morgan fingerprint density at radius 3 is 2.52 bits per heavy atom. The van der Waals surface area contributed by atoms with Crippen molar-refractivity contribution in [3.05, 3.63) is 58.9 Å². The summed E-state index contributed by atoms with van der Waals surface area (Å²) in [6.45, 7) is 6.56. The van der Waals surface area contributed by atoms with Crippen molar-refractivity contribution < 1.29 is 13.9 Å². The second-order valence-electron chi connectivity index (χ2n) is 6.47. The molecule has 0 aromatic heterocycles. The Balaban J connectivity index is 1.66. The third kappa shape index (κ3) is 4.03. The summed E-state index contributed by atoms with van der Waals surface area (Å²) in [5.41, 5.74) is 2.34. The Morgan fingerprint density at radius 2 is 1.93 bits per heavy atom. The van der Waals surface area contributed by atoms with Crippen LogP contribution in [0.2, 0.25) is 0 Å². The standard InChI is InChI=1S/C21H22FN3O2/c1-3-27-20-7-5-17(12-15(20)2)21(26)25-10-8-24(9-11-25)19-6-4-16(14-23)13-18(19)22/h4-7,12-13H,3,8-11H2,1-2H3. The minimum Gasteiger partial charge on any atom is -0.494 e. The van der Waals surface area contributed by atoms with Crippen LogP contribution in [0.5, 0.6) is 5.75 Å². The molecule has 1 aliphatic heterocycles. The molecule has 27 heavy (non-hydrogen) atoms. The smallest absolute Gasteiger partial charge is 0.253 e. The van der Waals surface area contributed by atoms with Crippen LogP contribution in [-0.4, -0.2) is 43.6 Å². The molecule has 1 aliphatic rings. The molecule has 0 atom stereocenters. The number of hydrogen-bond acceptors (Lipinski definition) is 4. The van der Waals surface area contributed by atoms with E-state index >= 15 is 0 Å². The molecule has 2 aromatic rings. The maximum atomic E-state index is 14.2. The maximum Gasteiger partial charge on any atom is 0.253 e. The predicted octanol–water partition coefficient (Wildman–Crippen LogP) is 3.37. The SMILES string of the molecule is CCOc1ccc(C(=O)N2CCN(c3ccc(C#N)cc3F)CC2)cc1C. The number of amides is 1. The van der Waals surface area contributed by atoms with Crippen molar-refractivity contribution >= 4 is 11.6 Å². The topological polar surface area (TPSA) is 56.6 Å². The van der Waals surface area contributed by atoms with Gasteiger partial charge in [-0.25, -0.2) is 4.39 Å². The van der Waals surface area contributed by atoms with Gasteiger partial charge in [-0.15, -0.1) is 0 Å². The summed E-state index contributed by atoms with van der Waals surface area (Å²) in [6, 6.07) is 11.9. The molecular formula is C21H22FN3O2. The van der Waals surface area contributed by atoms with Crippen LogP contribution in [0.3, 0.4) is 0 Å². The molecule has 5 nitrogen and oxygen atoms in total. The summed E-state index contributed by atoms with van der Waals surface area (Å²) in [4.78, 5) is 16.5. The van der Waals surface area contributed by atoms with Gasteiger partial charge < -0.3 is 14.5 Å². The molecule has 0 bridgehead atoms. The number of carbonyl (C=O) groups excluding carboxylic acids is 1. The number of benzene rings is 2. The number of piperazine rings is 1. The Hall–Kier alpha value is -3.07. The van der Waals surface area contributed by atoms with E-state index < -0.39 is 5.82 Å². The van der Waals surface area contributed by atoms with E-state index in [2.05, 4.69) is 0 Å². The van der Waals surface area contributed by atoms with Crippen LogP contribution in [-0.2, 0) is 0 Å². The van der Waals surface area contributed by atoms with E-state index in [0.717, 1.165) is 11.3 Å². The van der Waals surface area contributed by atoms with Crippen molar-refractivity contribution in [2.75, 3.05) is 37.7 Å². The van der Waals surface area contributed by atoms with Crippen LogP contribution < -0.4 is 9.64 Å². The summed E-state index contributed by atoms with van der Waals surface area (Å²) < 4.78 is 19.7. The average Bonchev–Trinajstić information content (AvgIpc) is 2.69. The lowest BCUT2D eigenvalue weighted by atomic mass is 10.1. The molecule has 0 unspecified atom stereocenters. The highest BCUT2D eigenvalue weighted by Gasteiger charge is 2.24. The molecule has 1 fully saturated rings. The van der Waals surface area contributed by atoms with Crippen molar-refractivity contribution in [1.29, 1.82) is 5.26 Å². The van der Waals surface area contributed by atoms with Gasteiger partial charge in [-0.1, -0.05) is 0 Å². The Bertz CT molecular complexity index is 883. The number of carbonyl (C=O) groups is 1. The van der Waals surface area contributed by atoms with Gasteiger partial charge in [0.05, 0.1) is 23.9 Å². The first-order chi connectivity index (χ1) is 13.0. The zero-order valence-corrected chi connectivity index (χ0v) is 15.5. The number of nitriles is 1. The first-order valence-corrected chi connectivity index (χ1v) is 9.00. The minimum absolute atomic E-state index is 0.0268. The second-order valence-corrected chi connectivity index (χ2v) is 6.47. The van der Waals surface area contributed by atoms with Gasteiger partial charge in [0.15, 0.2) is 0 Å². The van der Waals surface area contributed by atoms with Gasteiger partial charge in [-0.05, 0) is 55.8 Å². The van der Waals surface area contributed by atoms with Crippen molar-refractivity contribution in [2.45, 2.75) is 13.8 Å². The number of halogens is 1. The molecule has 0 aliphatic carbocycles. The van der Waals surface area contributed by atoms with Crippen LogP contribution in [0.25, 0.3) is 0 Å². The summed E-state index contributed by atoms with van der Waals surface area (Å²) >= 11 is 0. The molecule has 0 radical (unpaired) electrons. The lowest BCUT2D eigenvalue weighted by Gasteiger charge is -2.36. The first kappa shape index (κ1) is 18.7. The minimum atomic E-state index is -0.407. The third-order valence-corrected chi connectivity index (χ3v) is 4.71. The van der Waals surface area contributed by atoms with E-state index in [1.165, 1.54) is 6.07 Å². The zero-order valence-electron chi connectivity index (χ0n) is 15.5. The predicted molar refractivity (Wildman–Crippen MR) is 102 cm³/mol. The third-order valence-electron chi connectivity index (χ3n) is 4.71. The van der Waals surface area contributed by atoms with E-state index in [-0.39, 0.29) is 5.91 Å². The summed E-state index contributed by atoms with van der Waals surface area (Å²) in [7, 11) is 0. The van der Waals surface area contributed by atoms with Crippen molar-refractivity contribution in [3.8, 4) is 11.8 Å². The van der Waals surface area contributed by atoms with E-state index in [4.69, 9.17) is 10.00 Å². The monoisotopic (exact) mass is 367 g/mol. The molecule has 3 rings (SSSR count). The molecular weight excluding hydrogens is 345 g/mol. The highest BCUT2D eigenvalue weighted by atomic mass is 19.1.